The zero-order valence-corrected chi connectivity index (χ0v) is 20.4. The lowest BCUT2D eigenvalue weighted by Gasteiger charge is -2.35. The van der Waals surface area contributed by atoms with Gasteiger partial charge >= 0.3 is 18.6 Å². The Morgan fingerprint density at radius 2 is 1.84 bits per heavy atom. The summed E-state index contributed by atoms with van der Waals surface area (Å²) in [4.78, 5) is 21.6. The highest BCUT2D eigenvalue weighted by Gasteiger charge is 2.44. The van der Waals surface area contributed by atoms with E-state index in [9.17, 15) is 22.4 Å². The summed E-state index contributed by atoms with van der Waals surface area (Å²) in [5.41, 5.74) is -0.138. The van der Waals surface area contributed by atoms with Gasteiger partial charge in [0.25, 0.3) is 0 Å². The van der Waals surface area contributed by atoms with Crippen molar-refractivity contribution in [2.45, 2.75) is 24.5 Å². The lowest BCUT2D eigenvalue weighted by Crippen LogP contribution is -2.50. The van der Waals surface area contributed by atoms with Crippen molar-refractivity contribution in [2.24, 2.45) is 0 Å². The Kier molecular flexibility index (Phi) is 7.94. The molecular formula is C25H19ClF4N4O2S. The molecule has 4 rings (SSSR count). The van der Waals surface area contributed by atoms with E-state index in [-0.39, 0.29) is 12.0 Å². The molecule has 0 fully saturated rings. The SMILES string of the molecule is O=C(Nc1nccs1)NC(Cc1ccccc1)(c1cccc(OC(F)(F)C(F)F)c1)c1ccc(Cl)cn1. The van der Waals surface area contributed by atoms with Gasteiger partial charge in [-0.05, 0) is 35.4 Å². The topological polar surface area (TPSA) is 76.1 Å². The number of benzene rings is 2. The number of urea groups is 1. The van der Waals surface area contributed by atoms with Crippen LogP contribution >= 0.6 is 22.9 Å². The second-order valence-corrected chi connectivity index (χ2v) is 9.17. The number of hydrogen-bond donors (Lipinski definition) is 2. The molecular weight excluding hydrogens is 532 g/mol. The van der Waals surface area contributed by atoms with Crippen LogP contribution in [0.5, 0.6) is 5.75 Å². The molecule has 2 N–H and O–H groups in total. The molecule has 6 nitrogen and oxygen atoms in total. The molecule has 37 heavy (non-hydrogen) atoms. The minimum absolute atomic E-state index is 0.114. The fourth-order valence-electron chi connectivity index (χ4n) is 3.69. The summed E-state index contributed by atoms with van der Waals surface area (Å²) in [7, 11) is 0. The van der Waals surface area contributed by atoms with E-state index in [1.807, 2.05) is 18.2 Å². The van der Waals surface area contributed by atoms with Gasteiger partial charge in [0.05, 0.1) is 10.7 Å². The first-order chi connectivity index (χ1) is 17.7. The fourth-order valence-corrected chi connectivity index (χ4v) is 4.32. The molecule has 0 aliphatic rings. The van der Waals surface area contributed by atoms with Crippen LogP contribution in [-0.4, -0.2) is 28.5 Å². The van der Waals surface area contributed by atoms with Crippen LogP contribution < -0.4 is 15.4 Å². The van der Waals surface area contributed by atoms with Crippen molar-refractivity contribution in [3.8, 4) is 5.75 Å². The highest BCUT2D eigenvalue weighted by molar-refractivity contribution is 7.13. The lowest BCUT2D eigenvalue weighted by molar-refractivity contribution is -0.253. The monoisotopic (exact) mass is 550 g/mol. The minimum Gasteiger partial charge on any atom is -0.428 e. The Morgan fingerprint density at radius 1 is 1.05 bits per heavy atom. The standard InChI is InChI=1S/C25H19ClF4N4O2S/c26-18-9-10-20(32-15-18)24(14-16-5-2-1-3-6-16,34-22(35)33-23-31-11-12-37-23)17-7-4-8-19(13-17)36-25(29,30)21(27)28/h1-13,15,21H,14H2,(H2,31,33,34,35). The van der Waals surface area contributed by atoms with Gasteiger partial charge < -0.3 is 10.1 Å². The molecule has 1 atom stereocenters. The summed E-state index contributed by atoms with van der Waals surface area (Å²) in [5.74, 6) is -0.517. The van der Waals surface area contributed by atoms with Gasteiger partial charge in [-0.15, -0.1) is 11.3 Å². The van der Waals surface area contributed by atoms with Crippen molar-refractivity contribution in [3.05, 3.63) is 106 Å². The quantitative estimate of drug-likeness (QED) is 0.226. The molecule has 0 spiro atoms. The number of amides is 2. The van der Waals surface area contributed by atoms with Crippen molar-refractivity contribution in [3.63, 3.8) is 0 Å². The Bertz CT molecular complexity index is 1330. The van der Waals surface area contributed by atoms with Crippen LogP contribution in [0, 0.1) is 0 Å². The molecule has 0 aliphatic heterocycles. The molecule has 0 saturated heterocycles. The number of hydrogen-bond acceptors (Lipinski definition) is 5. The van der Waals surface area contributed by atoms with E-state index in [1.165, 1.54) is 35.9 Å². The predicted octanol–water partition coefficient (Wildman–Crippen LogP) is 6.74. The maximum atomic E-state index is 13.7. The maximum Gasteiger partial charge on any atom is 0.461 e. The van der Waals surface area contributed by atoms with Gasteiger partial charge in [0.2, 0.25) is 0 Å². The van der Waals surface area contributed by atoms with Gasteiger partial charge in [0, 0.05) is 24.2 Å². The number of carbonyl (C=O) groups is 1. The van der Waals surface area contributed by atoms with Gasteiger partial charge in [-0.2, -0.15) is 17.6 Å². The smallest absolute Gasteiger partial charge is 0.428 e. The molecule has 0 aliphatic carbocycles. The number of halogens is 5. The predicted molar refractivity (Wildman–Crippen MR) is 132 cm³/mol. The molecule has 12 heteroatoms. The summed E-state index contributed by atoms with van der Waals surface area (Å²) in [5, 5.41) is 7.87. The third kappa shape index (κ3) is 6.36. The van der Waals surface area contributed by atoms with Gasteiger partial charge in [0.1, 0.15) is 11.3 Å². The van der Waals surface area contributed by atoms with Crippen LogP contribution in [0.15, 0.2) is 84.5 Å². The largest absolute Gasteiger partial charge is 0.461 e. The average Bonchev–Trinajstić information content (AvgIpc) is 3.37. The molecule has 1 unspecified atom stereocenters. The highest BCUT2D eigenvalue weighted by atomic mass is 35.5. The first kappa shape index (κ1) is 26.4. The molecule has 0 saturated carbocycles. The lowest BCUT2D eigenvalue weighted by atomic mass is 9.80. The second kappa shape index (κ2) is 11.1. The minimum atomic E-state index is -4.71. The van der Waals surface area contributed by atoms with Crippen LogP contribution in [0.1, 0.15) is 16.8 Å². The molecule has 0 bridgehead atoms. The normalized spacial score (nSPS) is 13.1. The van der Waals surface area contributed by atoms with E-state index in [4.69, 9.17) is 11.6 Å². The van der Waals surface area contributed by atoms with Crippen molar-refractivity contribution in [1.29, 1.82) is 0 Å². The molecule has 0 radical (unpaired) electrons. The van der Waals surface area contributed by atoms with Gasteiger partial charge in [-0.25, -0.2) is 9.78 Å². The first-order valence-electron chi connectivity index (χ1n) is 10.8. The molecule has 2 aromatic carbocycles. The summed E-state index contributed by atoms with van der Waals surface area (Å²) in [6.07, 6.45) is -5.74. The van der Waals surface area contributed by atoms with E-state index < -0.39 is 29.9 Å². The number of thiazole rings is 1. The number of aromatic nitrogens is 2. The van der Waals surface area contributed by atoms with Crippen molar-refractivity contribution < 1.29 is 27.1 Å². The van der Waals surface area contributed by atoms with E-state index in [0.717, 1.165) is 11.6 Å². The summed E-state index contributed by atoms with van der Waals surface area (Å²) >= 11 is 7.25. The molecule has 2 aromatic heterocycles. The zero-order chi connectivity index (χ0) is 26.5. The maximum absolute atomic E-state index is 13.7. The molecule has 2 amide bonds. The number of pyridine rings is 1. The van der Waals surface area contributed by atoms with E-state index >= 15 is 0 Å². The Balaban J connectivity index is 1.85. The van der Waals surface area contributed by atoms with E-state index in [2.05, 4.69) is 25.3 Å². The van der Waals surface area contributed by atoms with Crippen molar-refractivity contribution in [2.75, 3.05) is 5.32 Å². The number of alkyl halides is 4. The highest BCUT2D eigenvalue weighted by Crippen LogP contribution is 2.36. The average molecular weight is 551 g/mol. The number of nitrogens with one attached hydrogen (secondary N) is 2. The van der Waals surface area contributed by atoms with Gasteiger partial charge in [-0.3, -0.25) is 10.3 Å². The summed E-state index contributed by atoms with van der Waals surface area (Å²) in [6.45, 7) is 0. The van der Waals surface area contributed by atoms with Crippen molar-refractivity contribution >= 4 is 34.1 Å². The number of ether oxygens (including phenoxy) is 1. The molecule has 4 aromatic rings. The Hall–Kier alpha value is -3.70. The number of anilines is 1. The van der Waals surface area contributed by atoms with Crippen LogP contribution in [0.2, 0.25) is 5.02 Å². The Labute approximate surface area is 218 Å². The summed E-state index contributed by atoms with van der Waals surface area (Å²) in [6, 6.07) is 16.7. The van der Waals surface area contributed by atoms with Crippen molar-refractivity contribution in [1.82, 2.24) is 15.3 Å². The Morgan fingerprint density at radius 3 is 2.49 bits per heavy atom. The first-order valence-corrected chi connectivity index (χ1v) is 12.0. The van der Waals surface area contributed by atoms with E-state index in [0.29, 0.717) is 15.8 Å². The number of rotatable bonds is 9. The van der Waals surface area contributed by atoms with E-state index in [1.54, 1.807) is 35.7 Å². The third-order valence-corrected chi connectivity index (χ3v) is 6.20. The molecule has 192 valence electrons. The van der Waals surface area contributed by atoms with Gasteiger partial charge in [0.15, 0.2) is 5.13 Å². The zero-order valence-electron chi connectivity index (χ0n) is 18.9. The second-order valence-electron chi connectivity index (χ2n) is 7.84. The summed E-state index contributed by atoms with van der Waals surface area (Å²) < 4.78 is 57.4. The fraction of sp³-hybridized carbons (Fsp3) is 0.160. The van der Waals surface area contributed by atoms with Crippen LogP contribution in [0.3, 0.4) is 0 Å². The van der Waals surface area contributed by atoms with Crippen LogP contribution in [0.25, 0.3) is 0 Å². The third-order valence-electron chi connectivity index (χ3n) is 5.29. The molecule has 2 heterocycles. The van der Waals surface area contributed by atoms with Crippen LogP contribution in [-0.2, 0) is 12.0 Å². The van der Waals surface area contributed by atoms with Gasteiger partial charge in [-0.1, -0.05) is 54.1 Å². The van der Waals surface area contributed by atoms with Crippen LogP contribution in [0.4, 0.5) is 27.5 Å². The number of carbonyl (C=O) groups excluding carboxylic acids is 1. The number of nitrogens with zero attached hydrogens (tertiary/aromatic N) is 2.